The molecular formula is C25H25N5O3S. The Balaban J connectivity index is 1.62. The van der Waals surface area contributed by atoms with Gasteiger partial charge in [0.15, 0.2) is 15.5 Å². The molecule has 5 rings (SSSR count). The molecule has 1 N–H and O–H groups in total. The van der Waals surface area contributed by atoms with E-state index in [1.54, 1.807) is 23.1 Å². The number of carbonyl (C=O) groups excluding carboxylic acids is 1. The number of nitrogens with one attached hydrogen (secondary N) is 1. The fourth-order valence-electron chi connectivity index (χ4n) is 4.37. The minimum absolute atomic E-state index is 0.0300. The number of fused-ring (bicyclic) bond motifs is 1. The van der Waals surface area contributed by atoms with E-state index in [1.165, 1.54) is 0 Å². The molecule has 0 radical (unpaired) electrons. The monoisotopic (exact) mass is 475 g/mol. The first kappa shape index (κ1) is 22.2. The lowest BCUT2D eigenvalue weighted by Crippen LogP contribution is -2.23. The summed E-state index contributed by atoms with van der Waals surface area (Å²) in [6.07, 6.45) is 3.88. The maximum absolute atomic E-state index is 13.4. The molecule has 174 valence electrons. The van der Waals surface area contributed by atoms with E-state index in [1.807, 2.05) is 50.2 Å². The van der Waals surface area contributed by atoms with E-state index in [0.29, 0.717) is 41.0 Å². The van der Waals surface area contributed by atoms with Crippen LogP contribution in [-0.2, 0) is 16.4 Å². The normalized spacial score (nSPS) is 17.2. The summed E-state index contributed by atoms with van der Waals surface area (Å²) in [4.78, 5) is 22.3. The van der Waals surface area contributed by atoms with Crippen LogP contribution >= 0.6 is 0 Å². The van der Waals surface area contributed by atoms with Crippen LogP contribution in [0.4, 0.5) is 0 Å². The Bertz CT molecular complexity index is 1480. The summed E-state index contributed by atoms with van der Waals surface area (Å²) < 4.78 is 26.0. The second-order valence-corrected chi connectivity index (χ2v) is 11.0. The number of aryl methyl sites for hydroxylation is 2. The van der Waals surface area contributed by atoms with Crippen LogP contribution in [0, 0.1) is 13.8 Å². The third-order valence-corrected chi connectivity index (χ3v) is 7.91. The predicted molar refractivity (Wildman–Crippen MR) is 130 cm³/mol. The minimum Gasteiger partial charge on any atom is -0.348 e. The van der Waals surface area contributed by atoms with Gasteiger partial charge in [-0.1, -0.05) is 35.9 Å². The molecule has 4 heterocycles. The Kier molecular flexibility index (Phi) is 5.65. The van der Waals surface area contributed by atoms with Gasteiger partial charge in [-0.05, 0) is 38.0 Å². The van der Waals surface area contributed by atoms with Gasteiger partial charge in [-0.2, -0.15) is 5.10 Å². The number of benzene rings is 1. The number of hydrogen-bond donors (Lipinski definition) is 1. The summed E-state index contributed by atoms with van der Waals surface area (Å²) in [5.41, 5.74) is 5.17. The minimum atomic E-state index is -3.11. The molecule has 3 aromatic heterocycles. The number of hydrogen-bond acceptors (Lipinski definition) is 6. The quantitative estimate of drug-likeness (QED) is 0.474. The molecule has 0 unspecified atom stereocenters. The van der Waals surface area contributed by atoms with E-state index in [-0.39, 0.29) is 23.5 Å². The van der Waals surface area contributed by atoms with Crippen molar-refractivity contribution in [1.29, 1.82) is 0 Å². The zero-order valence-electron chi connectivity index (χ0n) is 19.0. The molecule has 1 atom stereocenters. The second-order valence-electron chi connectivity index (χ2n) is 8.75. The van der Waals surface area contributed by atoms with Crippen molar-refractivity contribution in [3.8, 4) is 11.3 Å². The summed E-state index contributed by atoms with van der Waals surface area (Å²) >= 11 is 0. The second kappa shape index (κ2) is 8.64. The molecule has 1 aromatic carbocycles. The molecular weight excluding hydrogens is 450 g/mol. The molecule has 0 saturated carbocycles. The van der Waals surface area contributed by atoms with Gasteiger partial charge in [0, 0.05) is 24.5 Å². The fourth-order valence-corrected chi connectivity index (χ4v) is 6.06. The average Bonchev–Trinajstić information content (AvgIpc) is 3.36. The van der Waals surface area contributed by atoms with Gasteiger partial charge in [-0.15, -0.1) is 0 Å². The van der Waals surface area contributed by atoms with Crippen molar-refractivity contribution in [3.05, 3.63) is 77.2 Å². The van der Waals surface area contributed by atoms with E-state index >= 15 is 0 Å². The predicted octanol–water partition coefficient (Wildman–Crippen LogP) is 3.40. The molecule has 4 aromatic rings. The van der Waals surface area contributed by atoms with Crippen LogP contribution in [0.25, 0.3) is 22.3 Å². The highest BCUT2D eigenvalue weighted by Crippen LogP contribution is 2.32. The van der Waals surface area contributed by atoms with E-state index < -0.39 is 9.84 Å². The molecule has 8 nitrogen and oxygen atoms in total. The Hall–Kier alpha value is -3.59. The van der Waals surface area contributed by atoms with Gasteiger partial charge < -0.3 is 5.32 Å². The SMILES string of the molecule is Cc1ccc(-c2cc(C(=O)NCc3cccnc3)c3c(C)nn([C@@H]4CCS(=O)(=O)C4)c3n2)cc1. The van der Waals surface area contributed by atoms with Crippen molar-refractivity contribution in [2.24, 2.45) is 0 Å². The molecule has 0 spiro atoms. The van der Waals surface area contributed by atoms with Crippen molar-refractivity contribution < 1.29 is 13.2 Å². The number of carbonyl (C=O) groups is 1. The first-order chi connectivity index (χ1) is 16.3. The Morgan fingerprint density at radius 1 is 1.18 bits per heavy atom. The van der Waals surface area contributed by atoms with Gasteiger partial charge in [-0.25, -0.2) is 18.1 Å². The zero-order valence-corrected chi connectivity index (χ0v) is 19.8. The van der Waals surface area contributed by atoms with Gasteiger partial charge >= 0.3 is 0 Å². The highest BCUT2D eigenvalue weighted by molar-refractivity contribution is 7.91. The summed E-state index contributed by atoms with van der Waals surface area (Å²) in [6, 6.07) is 13.1. The molecule has 9 heteroatoms. The third-order valence-electron chi connectivity index (χ3n) is 6.16. The van der Waals surface area contributed by atoms with Crippen LogP contribution in [0.5, 0.6) is 0 Å². The molecule has 1 amide bonds. The topological polar surface area (TPSA) is 107 Å². The summed E-state index contributed by atoms with van der Waals surface area (Å²) in [5.74, 6) is -0.0811. The van der Waals surface area contributed by atoms with Crippen LogP contribution in [0.2, 0.25) is 0 Å². The Labute approximate surface area is 198 Å². The maximum atomic E-state index is 13.4. The number of sulfone groups is 1. The smallest absolute Gasteiger partial charge is 0.252 e. The Morgan fingerprint density at radius 2 is 1.97 bits per heavy atom. The number of nitrogens with zero attached hydrogens (tertiary/aromatic N) is 4. The molecule has 1 fully saturated rings. The maximum Gasteiger partial charge on any atom is 0.252 e. The lowest BCUT2D eigenvalue weighted by Gasteiger charge is -2.12. The van der Waals surface area contributed by atoms with Crippen LogP contribution < -0.4 is 5.32 Å². The van der Waals surface area contributed by atoms with Gasteiger partial charge in [-0.3, -0.25) is 9.78 Å². The van der Waals surface area contributed by atoms with Crippen molar-refractivity contribution in [2.75, 3.05) is 11.5 Å². The van der Waals surface area contributed by atoms with E-state index in [2.05, 4.69) is 15.4 Å². The van der Waals surface area contributed by atoms with Crippen molar-refractivity contribution in [3.63, 3.8) is 0 Å². The van der Waals surface area contributed by atoms with Crippen molar-refractivity contribution in [2.45, 2.75) is 32.9 Å². The van der Waals surface area contributed by atoms with Gasteiger partial charge in [0.2, 0.25) is 0 Å². The summed E-state index contributed by atoms with van der Waals surface area (Å²) in [7, 11) is -3.11. The standard InChI is InChI=1S/C25H25N5O3S/c1-16-5-7-19(8-6-16)22-12-21(25(31)27-14-18-4-3-10-26-13-18)23-17(2)29-30(24(23)28-22)20-9-11-34(32,33)15-20/h3-8,10,12-13,20H,9,11,14-15H2,1-2H3,(H,27,31)/t20-/m1/s1. The third kappa shape index (κ3) is 4.31. The van der Waals surface area contributed by atoms with Crippen molar-refractivity contribution in [1.82, 2.24) is 25.1 Å². The molecule has 1 aliphatic rings. The largest absolute Gasteiger partial charge is 0.348 e. The number of pyridine rings is 2. The van der Waals surface area contributed by atoms with Crippen LogP contribution in [0.1, 0.15) is 39.6 Å². The fraction of sp³-hybridized carbons (Fsp3) is 0.280. The lowest BCUT2D eigenvalue weighted by atomic mass is 10.0. The molecule has 0 aliphatic carbocycles. The molecule has 1 saturated heterocycles. The van der Waals surface area contributed by atoms with Gasteiger partial charge in [0.1, 0.15) is 0 Å². The average molecular weight is 476 g/mol. The van der Waals surface area contributed by atoms with E-state index in [4.69, 9.17) is 4.98 Å². The summed E-state index contributed by atoms with van der Waals surface area (Å²) in [5, 5.41) is 8.26. The molecule has 34 heavy (non-hydrogen) atoms. The highest BCUT2D eigenvalue weighted by atomic mass is 32.2. The highest BCUT2D eigenvalue weighted by Gasteiger charge is 2.32. The van der Waals surface area contributed by atoms with Crippen LogP contribution in [0.15, 0.2) is 54.9 Å². The molecule has 1 aliphatic heterocycles. The lowest BCUT2D eigenvalue weighted by molar-refractivity contribution is 0.0952. The van der Waals surface area contributed by atoms with Crippen LogP contribution in [0.3, 0.4) is 0 Å². The van der Waals surface area contributed by atoms with Crippen LogP contribution in [-0.4, -0.2) is 45.6 Å². The van der Waals surface area contributed by atoms with Gasteiger partial charge in [0.25, 0.3) is 5.91 Å². The summed E-state index contributed by atoms with van der Waals surface area (Å²) in [6.45, 7) is 4.18. The number of rotatable bonds is 5. The molecule has 0 bridgehead atoms. The Morgan fingerprint density at radius 3 is 2.65 bits per heavy atom. The number of aromatic nitrogens is 4. The zero-order chi connectivity index (χ0) is 23.9. The van der Waals surface area contributed by atoms with E-state index in [9.17, 15) is 13.2 Å². The first-order valence-corrected chi connectivity index (χ1v) is 13.0. The van der Waals surface area contributed by atoms with Gasteiger partial charge in [0.05, 0.1) is 39.9 Å². The number of amides is 1. The van der Waals surface area contributed by atoms with Crippen molar-refractivity contribution >= 4 is 26.8 Å². The van der Waals surface area contributed by atoms with E-state index in [0.717, 1.165) is 16.7 Å². The first-order valence-electron chi connectivity index (χ1n) is 11.2.